The van der Waals surface area contributed by atoms with E-state index in [2.05, 4.69) is 89.7 Å². The van der Waals surface area contributed by atoms with Crippen molar-refractivity contribution in [3.63, 3.8) is 0 Å². The average molecular weight is 515 g/mol. The molecule has 6 heteroatoms. The molecule has 2 N–H and O–H groups in total. The number of morpholine rings is 1. The van der Waals surface area contributed by atoms with Crippen LogP contribution in [0.25, 0.3) is 10.8 Å². The minimum absolute atomic E-state index is 0.0175. The number of benzene rings is 3. The second-order valence-corrected chi connectivity index (χ2v) is 11.9. The molecule has 0 unspecified atom stereocenters. The van der Waals surface area contributed by atoms with Crippen molar-refractivity contribution in [2.75, 3.05) is 61.5 Å². The second-order valence-electron chi connectivity index (χ2n) is 11.9. The van der Waals surface area contributed by atoms with Crippen LogP contribution < -0.4 is 15.5 Å². The molecule has 2 amide bonds. The topological polar surface area (TPSA) is 56.8 Å². The SMILES string of the molecule is Cc1ccc(C(C)(C)C)cc1NC(=O)Nc1ccc(N2CCC(CN3CCOCC3)CC2)c2ccccc12. The fourth-order valence-electron chi connectivity index (χ4n) is 5.67. The Bertz CT molecular complexity index is 1270. The highest BCUT2D eigenvalue weighted by atomic mass is 16.5. The molecular weight excluding hydrogens is 472 g/mol. The first-order chi connectivity index (χ1) is 18.3. The average Bonchev–Trinajstić information content (AvgIpc) is 2.91. The third-order valence-electron chi connectivity index (χ3n) is 8.08. The van der Waals surface area contributed by atoms with Gasteiger partial charge in [0.25, 0.3) is 0 Å². The van der Waals surface area contributed by atoms with Crippen LogP contribution in [0.2, 0.25) is 0 Å². The number of carbonyl (C=O) groups excluding carboxylic acids is 1. The Kier molecular flexibility index (Phi) is 7.91. The van der Waals surface area contributed by atoms with Crippen LogP contribution in [0.4, 0.5) is 21.9 Å². The number of amides is 2. The summed E-state index contributed by atoms with van der Waals surface area (Å²) in [4.78, 5) is 18.2. The van der Waals surface area contributed by atoms with Gasteiger partial charge in [0.15, 0.2) is 0 Å². The predicted octanol–water partition coefficient (Wildman–Crippen LogP) is 6.64. The molecule has 0 aliphatic carbocycles. The summed E-state index contributed by atoms with van der Waals surface area (Å²) >= 11 is 0. The molecule has 0 bridgehead atoms. The first kappa shape index (κ1) is 26.5. The Morgan fingerprint density at radius 3 is 2.29 bits per heavy atom. The van der Waals surface area contributed by atoms with Gasteiger partial charge in [0.05, 0.1) is 18.9 Å². The predicted molar refractivity (Wildman–Crippen MR) is 159 cm³/mol. The first-order valence-electron chi connectivity index (χ1n) is 14.0. The molecule has 6 nitrogen and oxygen atoms in total. The van der Waals surface area contributed by atoms with Crippen molar-refractivity contribution in [3.8, 4) is 0 Å². The number of nitrogens with one attached hydrogen (secondary N) is 2. The van der Waals surface area contributed by atoms with Gasteiger partial charge in [-0.2, -0.15) is 0 Å². The van der Waals surface area contributed by atoms with Gasteiger partial charge in [-0.05, 0) is 60.4 Å². The Morgan fingerprint density at radius 2 is 1.58 bits per heavy atom. The minimum Gasteiger partial charge on any atom is -0.379 e. The van der Waals surface area contributed by atoms with E-state index in [-0.39, 0.29) is 11.4 Å². The number of nitrogens with zero attached hydrogens (tertiary/aromatic N) is 2. The van der Waals surface area contributed by atoms with Gasteiger partial charge >= 0.3 is 6.03 Å². The van der Waals surface area contributed by atoms with Gasteiger partial charge in [-0.15, -0.1) is 0 Å². The third-order valence-corrected chi connectivity index (χ3v) is 8.08. The molecule has 3 aromatic carbocycles. The fourth-order valence-corrected chi connectivity index (χ4v) is 5.67. The first-order valence-corrected chi connectivity index (χ1v) is 14.0. The maximum Gasteiger partial charge on any atom is 0.323 e. The van der Waals surface area contributed by atoms with Crippen molar-refractivity contribution in [2.24, 2.45) is 5.92 Å². The number of carbonyl (C=O) groups is 1. The lowest BCUT2D eigenvalue weighted by Gasteiger charge is -2.37. The van der Waals surface area contributed by atoms with Gasteiger partial charge in [-0.25, -0.2) is 4.79 Å². The molecule has 0 saturated carbocycles. The molecule has 2 fully saturated rings. The zero-order valence-corrected chi connectivity index (χ0v) is 23.3. The molecule has 0 aromatic heterocycles. The zero-order chi connectivity index (χ0) is 26.7. The fraction of sp³-hybridized carbons (Fsp3) is 0.469. The number of anilines is 3. The summed E-state index contributed by atoms with van der Waals surface area (Å²) in [6, 6.07) is 18.7. The number of rotatable bonds is 5. The maximum atomic E-state index is 13.1. The number of hydrogen-bond acceptors (Lipinski definition) is 4. The van der Waals surface area contributed by atoms with Crippen molar-refractivity contribution in [1.29, 1.82) is 0 Å². The molecule has 3 aromatic rings. The number of piperidine rings is 1. The molecule has 2 heterocycles. The van der Waals surface area contributed by atoms with Crippen molar-refractivity contribution in [3.05, 3.63) is 65.7 Å². The summed E-state index contributed by atoms with van der Waals surface area (Å²) in [7, 11) is 0. The number of ether oxygens (including phenoxy) is 1. The Balaban J connectivity index is 1.28. The normalized spacial score (nSPS) is 17.5. The summed E-state index contributed by atoms with van der Waals surface area (Å²) in [6.45, 7) is 15.8. The van der Waals surface area contributed by atoms with E-state index in [9.17, 15) is 4.79 Å². The van der Waals surface area contributed by atoms with Crippen LogP contribution in [0.3, 0.4) is 0 Å². The van der Waals surface area contributed by atoms with Crippen LogP contribution in [0.5, 0.6) is 0 Å². The lowest BCUT2D eigenvalue weighted by molar-refractivity contribution is 0.0289. The molecule has 2 aliphatic rings. The molecule has 5 rings (SSSR count). The maximum absolute atomic E-state index is 13.1. The van der Waals surface area contributed by atoms with E-state index in [1.165, 1.54) is 36.0 Å². The molecular formula is C32H42N4O2. The van der Waals surface area contributed by atoms with Crippen molar-refractivity contribution in [1.82, 2.24) is 4.90 Å². The van der Waals surface area contributed by atoms with E-state index in [0.29, 0.717) is 0 Å². The summed E-state index contributed by atoms with van der Waals surface area (Å²) in [5.41, 5.74) is 5.19. The van der Waals surface area contributed by atoms with E-state index in [4.69, 9.17) is 4.74 Å². The van der Waals surface area contributed by atoms with E-state index < -0.39 is 0 Å². The lowest BCUT2D eigenvalue weighted by atomic mass is 9.86. The van der Waals surface area contributed by atoms with Gasteiger partial charge < -0.3 is 20.3 Å². The molecule has 38 heavy (non-hydrogen) atoms. The highest BCUT2D eigenvalue weighted by molar-refractivity contribution is 6.09. The van der Waals surface area contributed by atoms with Crippen LogP contribution in [0, 0.1) is 12.8 Å². The third kappa shape index (κ3) is 6.13. The summed E-state index contributed by atoms with van der Waals surface area (Å²) in [5, 5.41) is 8.45. The Hall–Kier alpha value is -3.09. The monoisotopic (exact) mass is 514 g/mol. The second kappa shape index (κ2) is 11.3. The Labute approximate surface area is 227 Å². The number of aryl methyl sites for hydroxylation is 1. The van der Waals surface area contributed by atoms with Gasteiger partial charge in [0.2, 0.25) is 0 Å². The van der Waals surface area contributed by atoms with E-state index in [1.807, 2.05) is 13.0 Å². The van der Waals surface area contributed by atoms with Crippen molar-refractivity contribution in [2.45, 2.75) is 46.0 Å². The zero-order valence-electron chi connectivity index (χ0n) is 23.3. The van der Waals surface area contributed by atoms with Gasteiger partial charge in [0.1, 0.15) is 0 Å². The highest BCUT2D eigenvalue weighted by Crippen LogP contribution is 2.35. The van der Waals surface area contributed by atoms with Gasteiger partial charge in [-0.3, -0.25) is 4.90 Å². The van der Waals surface area contributed by atoms with Crippen molar-refractivity contribution >= 4 is 33.9 Å². The lowest BCUT2D eigenvalue weighted by Crippen LogP contribution is -2.43. The van der Waals surface area contributed by atoms with Crippen LogP contribution in [0.15, 0.2) is 54.6 Å². The smallest absolute Gasteiger partial charge is 0.323 e. The minimum atomic E-state index is -0.221. The standard InChI is InChI=1S/C32H42N4O2/c1-23-9-10-25(32(2,3)4)21-29(23)34-31(37)33-28-11-12-30(27-8-6-5-7-26(27)28)36-15-13-24(14-16-36)22-35-17-19-38-20-18-35/h5-12,21,24H,13-20,22H2,1-4H3,(H2,33,34,37). The number of urea groups is 1. The van der Waals surface area contributed by atoms with Crippen LogP contribution in [-0.4, -0.2) is 56.9 Å². The van der Waals surface area contributed by atoms with Crippen LogP contribution in [0.1, 0.15) is 44.7 Å². The largest absolute Gasteiger partial charge is 0.379 e. The van der Waals surface area contributed by atoms with Crippen molar-refractivity contribution < 1.29 is 9.53 Å². The number of fused-ring (bicyclic) bond motifs is 1. The van der Waals surface area contributed by atoms with E-state index >= 15 is 0 Å². The molecule has 0 spiro atoms. The van der Waals surface area contributed by atoms with Gasteiger partial charge in [-0.1, -0.05) is 57.2 Å². The molecule has 202 valence electrons. The summed E-state index contributed by atoms with van der Waals surface area (Å²) < 4.78 is 5.51. The van der Waals surface area contributed by atoms with Crippen LogP contribution >= 0.6 is 0 Å². The quantitative estimate of drug-likeness (QED) is 0.401. The molecule has 2 saturated heterocycles. The molecule has 0 atom stereocenters. The number of hydrogen-bond donors (Lipinski definition) is 2. The van der Waals surface area contributed by atoms with Gasteiger partial charge in [0, 0.05) is 54.9 Å². The molecule has 0 radical (unpaired) electrons. The highest BCUT2D eigenvalue weighted by Gasteiger charge is 2.24. The molecule has 2 aliphatic heterocycles. The summed E-state index contributed by atoms with van der Waals surface area (Å²) in [6.07, 6.45) is 2.42. The van der Waals surface area contributed by atoms with Crippen LogP contribution in [-0.2, 0) is 10.2 Å². The Morgan fingerprint density at radius 1 is 0.895 bits per heavy atom. The van der Waals surface area contributed by atoms with E-state index in [0.717, 1.165) is 67.6 Å². The van der Waals surface area contributed by atoms with E-state index in [1.54, 1.807) is 0 Å². The summed E-state index contributed by atoms with van der Waals surface area (Å²) in [5.74, 6) is 0.750.